The molecule has 1 aromatic rings. The summed E-state index contributed by atoms with van der Waals surface area (Å²) >= 11 is 8.14. The van der Waals surface area contributed by atoms with Gasteiger partial charge < -0.3 is 9.84 Å². The Hall–Kier alpha value is -0.580. The van der Waals surface area contributed by atoms with Crippen molar-refractivity contribution in [2.24, 2.45) is 17.8 Å². The molecule has 2 saturated carbocycles. The van der Waals surface area contributed by atoms with Gasteiger partial charge in [-0.3, -0.25) is 0 Å². The third kappa shape index (κ3) is 5.71. The lowest BCUT2D eigenvalue weighted by molar-refractivity contribution is 0.0606. The summed E-state index contributed by atoms with van der Waals surface area (Å²) in [7, 11) is 1.42. The third-order valence-electron chi connectivity index (χ3n) is 6.62. The number of hydrogen-bond acceptors (Lipinski definition) is 4. The average Bonchev–Trinajstić information content (AvgIpc) is 3.25. The Kier molecular flexibility index (Phi) is 8.04. The predicted molar refractivity (Wildman–Crippen MR) is 112 cm³/mol. The summed E-state index contributed by atoms with van der Waals surface area (Å²) in [5.41, 5.74) is 0. The smallest absolute Gasteiger partial charge is 0.348 e. The molecule has 4 atom stereocenters. The zero-order chi connectivity index (χ0) is 19.2. The van der Waals surface area contributed by atoms with Crippen LogP contribution in [0.5, 0.6) is 0 Å². The molecule has 0 spiro atoms. The zero-order valence-corrected chi connectivity index (χ0v) is 17.9. The SMILES string of the molecule is COC(=O)c1ccc(CCC[C@@H]2[C@@H](CCC3CCCCC3)[C@H](O)C[C@H]2Cl)s1. The molecular formula is C22H33ClO3S. The normalized spacial score (nSPS) is 29.1. The molecule has 3 nitrogen and oxygen atoms in total. The van der Waals surface area contributed by atoms with Crippen molar-refractivity contribution in [1.82, 2.24) is 0 Å². The van der Waals surface area contributed by atoms with E-state index in [1.165, 1.54) is 61.8 Å². The van der Waals surface area contributed by atoms with Crippen molar-refractivity contribution in [3.63, 3.8) is 0 Å². The van der Waals surface area contributed by atoms with Gasteiger partial charge in [0.1, 0.15) is 4.88 Å². The molecule has 0 bridgehead atoms. The van der Waals surface area contributed by atoms with Crippen molar-refractivity contribution in [3.05, 3.63) is 21.9 Å². The number of hydrogen-bond donors (Lipinski definition) is 1. The Morgan fingerprint density at radius 3 is 2.70 bits per heavy atom. The van der Waals surface area contributed by atoms with Crippen LogP contribution in [0, 0.1) is 17.8 Å². The first kappa shape index (κ1) is 21.1. The highest BCUT2D eigenvalue weighted by atomic mass is 35.5. The molecule has 1 N–H and O–H groups in total. The highest BCUT2D eigenvalue weighted by Gasteiger charge is 2.40. The van der Waals surface area contributed by atoms with Crippen LogP contribution < -0.4 is 0 Å². The number of aliphatic hydroxyl groups excluding tert-OH is 1. The van der Waals surface area contributed by atoms with E-state index in [9.17, 15) is 9.90 Å². The van der Waals surface area contributed by atoms with Crippen LogP contribution in [0.3, 0.4) is 0 Å². The van der Waals surface area contributed by atoms with Gasteiger partial charge in [-0.25, -0.2) is 4.79 Å². The van der Waals surface area contributed by atoms with E-state index in [4.69, 9.17) is 16.3 Å². The molecule has 0 saturated heterocycles. The Balaban J connectivity index is 1.47. The third-order valence-corrected chi connectivity index (χ3v) is 8.24. The molecule has 1 aromatic heterocycles. The number of ether oxygens (including phenoxy) is 1. The fourth-order valence-corrected chi connectivity index (χ4v) is 6.54. The minimum Gasteiger partial charge on any atom is -0.465 e. The lowest BCUT2D eigenvalue weighted by Gasteiger charge is -2.27. The lowest BCUT2D eigenvalue weighted by Crippen LogP contribution is -2.22. The van der Waals surface area contributed by atoms with E-state index >= 15 is 0 Å². The first-order chi connectivity index (χ1) is 13.1. The fourth-order valence-electron chi connectivity index (χ4n) is 5.07. The fraction of sp³-hybridized carbons (Fsp3) is 0.773. The minimum absolute atomic E-state index is 0.102. The summed E-state index contributed by atoms with van der Waals surface area (Å²) in [6.45, 7) is 0. The van der Waals surface area contributed by atoms with E-state index in [1.54, 1.807) is 0 Å². The molecule has 3 rings (SSSR count). The largest absolute Gasteiger partial charge is 0.465 e. The van der Waals surface area contributed by atoms with Crippen LogP contribution in [0.2, 0.25) is 0 Å². The van der Waals surface area contributed by atoms with Crippen LogP contribution in [-0.4, -0.2) is 29.7 Å². The Labute approximate surface area is 172 Å². The number of aliphatic hydroxyl groups is 1. The zero-order valence-electron chi connectivity index (χ0n) is 16.4. The highest BCUT2D eigenvalue weighted by Crippen LogP contribution is 2.43. The molecule has 2 aliphatic rings. The molecule has 27 heavy (non-hydrogen) atoms. The maximum atomic E-state index is 11.6. The van der Waals surface area contributed by atoms with E-state index in [0.717, 1.165) is 38.0 Å². The summed E-state index contributed by atoms with van der Waals surface area (Å²) in [5.74, 6) is 1.39. The molecule has 1 heterocycles. The summed E-state index contributed by atoms with van der Waals surface area (Å²) in [6, 6.07) is 3.88. The van der Waals surface area contributed by atoms with Gasteiger partial charge in [-0.05, 0) is 62.0 Å². The lowest BCUT2D eigenvalue weighted by atomic mass is 9.80. The number of aryl methyl sites for hydroxylation is 1. The number of carbonyl (C=O) groups is 1. The topological polar surface area (TPSA) is 46.5 Å². The van der Waals surface area contributed by atoms with E-state index in [2.05, 4.69) is 0 Å². The van der Waals surface area contributed by atoms with Gasteiger partial charge in [0.15, 0.2) is 0 Å². The van der Waals surface area contributed by atoms with Crippen molar-refractivity contribution in [2.45, 2.75) is 82.1 Å². The van der Waals surface area contributed by atoms with Crippen molar-refractivity contribution in [3.8, 4) is 0 Å². The Morgan fingerprint density at radius 1 is 1.19 bits per heavy atom. The second-order valence-electron chi connectivity index (χ2n) is 8.38. The van der Waals surface area contributed by atoms with Crippen LogP contribution in [-0.2, 0) is 11.2 Å². The van der Waals surface area contributed by atoms with E-state index in [0.29, 0.717) is 16.7 Å². The molecule has 0 unspecified atom stereocenters. The first-order valence-corrected chi connectivity index (χ1v) is 11.8. The predicted octanol–water partition coefficient (Wildman–Crippen LogP) is 5.82. The maximum absolute atomic E-state index is 11.6. The van der Waals surface area contributed by atoms with Crippen LogP contribution in [0.4, 0.5) is 0 Å². The molecule has 2 aliphatic carbocycles. The highest BCUT2D eigenvalue weighted by molar-refractivity contribution is 7.13. The molecule has 0 amide bonds. The maximum Gasteiger partial charge on any atom is 0.348 e. The second kappa shape index (κ2) is 10.3. The molecule has 0 radical (unpaired) electrons. The van der Waals surface area contributed by atoms with Crippen molar-refractivity contribution >= 4 is 28.9 Å². The van der Waals surface area contributed by atoms with Gasteiger partial charge in [0, 0.05) is 10.3 Å². The minimum atomic E-state index is -0.256. The summed E-state index contributed by atoms with van der Waals surface area (Å²) < 4.78 is 4.78. The van der Waals surface area contributed by atoms with Crippen LogP contribution in [0.25, 0.3) is 0 Å². The Morgan fingerprint density at radius 2 is 1.96 bits per heavy atom. The number of esters is 1. The standard InChI is InChI=1S/C22H33ClO3S/c1-26-22(25)21-13-11-16(27-21)8-5-9-17-18(20(24)14-19(17)23)12-10-15-6-3-2-4-7-15/h11,13,15,17-20,24H,2-10,12,14H2,1H3/t17-,18-,19-,20-/m1/s1. The molecule has 0 aliphatic heterocycles. The molecule has 2 fully saturated rings. The van der Waals surface area contributed by atoms with Gasteiger partial charge in [-0.1, -0.05) is 38.5 Å². The van der Waals surface area contributed by atoms with Gasteiger partial charge >= 0.3 is 5.97 Å². The summed E-state index contributed by atoms with van der Waals surface area (Å²) in [4.78, 5) is 13.5. The number of methoxy groups -OCH3 is 1. The van der Waals surface area contributed by atoms with Crippen LogP contribution in [0.15, 0.2) is 12.1 Å². The molecule has 5 heteroatoms. The average molecular weight is 413 g/mol. The van der Waals surface area contributed by atoms with Crippen molar-refractivity contribution < 1.29 is 14.6 Å². The van der Waals surface area contributed by atoms with Gasteiger partial charge in [-0.15, -0.1) is 22.9 Å². The van der Waals surface area contributed by atoms with E-state index in [1.807, 2.05) is 12.1 Å². The van der Waals surface area contributed by atoms with E-state index < -0.39 is 0 Å². The summed E-state index contributed by atoms with van der Waals surface area (Å²) in [6.07, 6.45) is 12.9. The number of thiophene rings is 1. The molecule has 152 valence electrons. The number of halogens is 1. The first-order valence-electron chi connectivity index (χ1n) is 10.6. The number of alkyl halides is 1. The quantitative estimate of drug-likeness (QED) is 0.432. The van der Waals surface area contributed by atoms with Gasteiger partial charge in [-0.2, -0.15) is 0 Å². The van der Waals surface area contributed by atoms with Crippen LogP contribution >= 0.6 is 22.9 Å². The molecule has 0 aromatic carbocycles. The number of rotatable bonds is 8. The Bertz CT molecular complexity index is 596. The molecular weight excluding hydrogens is 380 g/mol. The van der Waals surface area contributed by atoms with Gasteiger partial charge in [0.25, 0.3) is 0 Å². The van der Waals surface area contributed by atoms with Crippen LogP contribution in [0.1, 0.15) is 78.8 Å². The van der Waals surface area contributed by atoms with Gasteiger partial charge in [0.2, 0.25) is 0 Å². The van der Waals surface area contributed by atoms with Crippen molar-refractivity contribution in [2.75, 3.05) is 7.11 Å². The van der Waals surface area contributed by atoms with Crippen molar-refractivity contribution in [1.29, 1.82) is 0 Å². The van der Waals surface area contributed by atoms with Gasteiger partial charge in [0.05, 0.1) is 13.2 Å². The second-order valence-corrected chi connectivity index (χ2v) is 10.1. The monoisotopic (exact) mass is 412 g/mol. The summed E-state index contributed by atoms with van der Waals surface area (Å²) in [5, 5.41) is 10.6. The van der Waals surface area contributed by atoms with E-state index in [-0.39, 0.29) is 17.5 Å². The number of carbonyl (C=O) groups excluding carboxylic acids is 1.